The van der Waals surface area contributed by atoms with Gasteiger partial charge in [0.25, 0.3) is 0 Å². The van der Waals surface area contributed by atoms with E-state index in [-0.39, 0.29) is 9.92 Å². The van der Waals surface area contributed by atoms with Gasteiger partial charge >= 0.3 is 0 Å². The van der Waals surface area contributed by atoms with Gasteiger partial charge in [0.15, 0.2) is 0 Å². The number of anilines is 1. The Balaban J connectivity index is 2.52. The number of halogens is 1. The Bertz CT molecular complexity index is 506. The third-order valence-electron chi connectivity index (χ3n) is 2.56. The minimum Gasteiger partial charge on any atom is -0.399 e. The van der Waals surface area contributed by atoms with Crippen molar-refractivity contribution in [3.8, 4) is 0 Å². The van der Waals surface area contributed by atoms with Gasteiger partial charge in [0.2, 0.25) is 10.0 Å². The van der Waals surface area contributed by atoms with Crippen LogP contribution in [0.4, 0.5) is 5.69 Å². The minimum atomic E-state index is -3.54. The number of nitrogens with one attached hydrogen (secondary N) is 1. The van der Waals surface area contributed by atoms with Crippen LogP contribution in [0.1, 0.15) is 19.3 Å². The third-order valence-corrected chi connectivity index (χ3v) is 5.20. The molecule has 0 fully saturated rings. The molecule has 0 spiro atoms. The van der Waals surface area contributed by atoms with Gasteiger partial charge in [-0.1, -0.05) is 18.0 Å². The average molecular weight is 323 g/mol. The maximum Gasteiger partial charge on any atom is 0.242 e. The van der Waals surface area contributed by atoms with E-state index in [9.17, 15) is 8.42 Å². The summed E-state index contributed by atoms with van der Waals surface area (Å²) < 4.78 is 26.6. The summed E-state index contributed by atoms with van der Waals surface area (Å²) >= 11 is 7.69. The molecule has 0 aliphatic rings. The molecule has 1 aromatic rings. The van der Waals surface area contributed by atoms with Crippen molar-refractivity contribution in [2.45, 2.75) is 24.2 Å². The summed E-state index contributed by atoms with van der Waals surface area (Å²) in [4.78, 5) is 0.0764. The molecule has 0 unspecified atom stereocenters. The molecule has 0 bridgehead atoms. The molecule has 1 rings (SSSR count). The Morgan fingerprint density at radius 2 is 2.05 bits per heavy atom. The van der Waals surface area contributed by atoms with Crippen molar-refractivity contribution >= 4 is 39.1 Å². The molecular formula is C12H19ClN2O2S2. The van der Waals surface area contributed by atoms with Crippen molar-refractivity contribution in [3.63, 3.8) is 0 Å². The van der Waals surface area contributed by atoms with Crippen LogP contribution in [-0.2, 0) is 10.0 Å². The Morgan fingerprint density at radius 1 is 1.32 bits per heavy atom. The van der Waals surface area contributed by atoms with Crippen LogP contribution in [0.15, 0.2) is 23.1 Å². The zero-order chi connectivity index (χ0) is 14.3. The first-order valence-corrected chi connectivity index (χ1v) is 9.26. The van der Waals surface area contributed by atoms with Crippen molar-refractivity contribution in [2.75, 3.05) is 24.3 Å². The molecule has 0 atom stereocenters. The first-order chi connectivity index (χ1) is 8.97. The van der Waals surface area contributed by atoms with E-state index in [0.29, 0.717) is 12.2 Å². The SMILES string of the molecule is CSCCCCCNS(=O)(=O)c1ccc(N)cc1Cl. The molecule has 0 aliphatic heterocycles. The number of hydrogen-bond donors (Lipinski definition) is 2. The van der Waals surface area contributed by atoms with E-state index in [1.54, 1.807) is 11.8 Å². The molecule has 0 saturated heterocycles. The number of nitrogens with two attached hydrogens (primary N) is 1. The summed E-state index contributed by atoms with van der Waals surface area (Å²) in [7, 11) is -3.54. The van der Waals surface area contributed by atoms with Crippen molar-refractivity contribution < 1.29 is 8.42 Å². The predicted molar refractivity (Wildman–Crippen MR) is 83.3 cm³/mol. The van der Waals surface area contributed by atoms with Gasteiger partial charge in [-0.3, -0.25) is 0 Å². The molecule has 0 aromatic heterocycles. The van der Waals surface area contributed by atoms with Crippen LogP contribution in [0.25, 0.3) is 0 Å². The predicted octanol–water partition coefficient (Wildman–Crippen LogP) is 2.73. The highest BCUT2D eigenvalue weighted by atomic mass is 35.5. The number of nitrogen functional groups attached to an aromatic ring is 1. The molecular weight excluding hydrogens is 304 g/mol. The molecule has 19 heavy (non-hydrogen) atoms. The quantitative estimate of drug-likeness (QED) is 0.570. The number of thioether (sulfide) groups is 1. The molecule has 0 aliphatic carbocycles. The molecule has 0 radical (unpaired) electrons. The number of hydrogen-bond acceptors (Lipinski definition) is 4. The summed E-state index contributed by atoms with van der Waals surface area (Å²) in [5.41, 5.74) is 5.98. The van der Waals surface area contributed by atoms with Crippen LogP contribution in [0.3, 0.4) is 0 Å². The first-order valence-electron chi connectivity index (χ1n) is 6.01. The van der Waals surface area contributed by atoms with Crippen LogP contribution < -0.4 is 10.5 Å². The molecule has 3 N–H and O–H groups in total. The molecule has 0 heterocycles. The summed E-state index contributed by atoms with van der Waals surface area (Å²) in [5.74, 6) is 1.11. The average Bonchev–Trinajstić information content (AvgIpc) is 2.33. The Kier molecular flexibility index (Phi) is 6.99. The topological polar surface area (TPSA) is 72.2 Å². The zero-order valence-corrected chi connectivity index (χ0v) is 13.2. The van der Waals surface area contributed by atoms with Crippen molar-refractivity contribution in [1.82, 2.24) is 4.72 Å². The second-order valence-electron chi connectivity index (χ2n) is 4.14. The van der Waals surface area contributed by atoms with E-state index in [2.05, 4.69) is 11.0 Å². The monoisotopic (exact) mass is 322 g/mol. The van der Waals surface area contributed by atoms with E-state index in [4.69, 9.17) is 17.3 Å². The lowest BCUT2D eigenvalue weighted by Gasteiger charge is -2.08. The summed E-state index contributed by atoms with van der Waals surface area (Å²) in [5, 5.41) is 0.148. The molecule has 4 nitrogen and oxygen atoms in total. The lowest BCUT2D eigenvalue weighted by atomic mass is 10.2. The fraction of sp³-hybridized carbons (Fsp3) is 0.500. The van der Waals surface area contributed by atoms with E-state index < -0.39 is 10.0 Å². The van der Waals surface area contributed by atoms with E-state index in [0.717, 1.165) is 25.0 Å². The van der Waals surface area contributed by atoms with E-state index in [1.807, 2.05) is 0 Å². The number of sulfonamides is 1. The molecule has 7 heteroatoms. The molecule has 0 amide bonds. The normalized spacial score (nSPS) is 11.7. The van der Waals surface area contributed by atoms with Crippen LogP contribution >= 0.6 is 23.4 Å². The van der Waals surface area contributed by atoms with Gasteiger partial charge < -0.3 is 5.73 Å². The standard InChI is InChI=1S/C12H19ClN2O2S2/c1-18-8-4-2-3-7-15-19(16,17)12-6-5-10(14)9-11(12)13/h5-6,9,15H,2-4,7-8,14H2,1H3. The van der Waals surface area contributed by atoms with Gasteiger partial charge in [-0.15, -0.1) is 0 Å². The summed E-state index contributed by atoms with van der Waals surface area (Å²) in [6.07, 6.45) is 5.00. The lowest BCUT2D eigenvalue weighted by molar-refractivity contribution is 0.576. The highest BCUT2D eigenvalue weighted by Gasteiger charge is 2.17. The molecule has 0 saturated carbocycles. The molecule has 108 valence electrons. The summed E-state index contributed by atoms with van der Waals surface area (Å²) in [6, 6.07) is 4.39. The Morgan fingerprint density at radius 3 is 2.68 bits per heavy atom. The van der Waals surface area contributed by atoms with Crippen molar-refractivity contribution in [1.29, 1.82) is 0 Å². The smallest absolute Gasteiger partial charge is 0.242 e. The van der Waals surface area contributed by atoms with Gasteiger partial charge in [-0.05, 0) is 43.0 Å². The number of unbranched alkanes of at least 4 members (excludes halogenated alkanes) is 2. The van der Waals surface area contributed by atoms with Crippen LogP contribution in [0.2, 0.25) is 5.02 Å². The van der Waals surface area contributed by atoms with Gasteiger partial charge in [-0.2, -0.15) is 11.8 Å². The summed E-state index contributed by atoms with van der Waals surface area (Å²) in [6.45, 7) is 0.428. The fourth-order valence-corrected chi connectivity index (χ4v) is 3.69. The maximum atomic E-state index is 12.0. The lowest BCUT2D eigenvalue weighted by Crippen LogP contribution is -2.25. The van der Waals surface area contributed by atoms with Crippen LogP contribution in [0.5, 0.6) is 0 Å². The zero-order valence-electron chi connectivity index (χ0n) is 10.9. The largest absolute Gasteiger partial charge is 0.399 e. The number of rotatable bonds is 8. The third kappa shape index (κ3) is 5.60. The second kappa shape index (κ2) is 7.99. The minimum absolute atomic E-state index is 0.0764. The maximum absolute atomic E-state index is 12.0. The van der Waals surface area contributed by atoms with Crippen LogP contribution in [0, 0.1) is 0 Å². The van der Waals surface area contributed by atoms with Gasteiger partial charge in [0, 0.05) is 12.2 Å². The van der Waals surface area contributed by atoms with Gasteiger partial charge in [0.1, 0.15) is 4.90 Å². The highest BCUT2D eigenvalue weighted by Crippen LogP contribution is 2.23. The van der Waals surface area contributed by atoms with Crippen molar-refractivity contribution in [2.24, 2.45) is 0 Å². The molecule has 1 aromatic carbocycles. The van der Waals surface area contributed by atoms with E-state index in [1.165, 1.54) is 18.2 Å². The number of benzene rings is 1. The first kappa shape index (κ1) is 16.6. The van der Waals surface area contributed by atoms with Gasteiger partial charge in [0.05, 0.1) is 5.02 Å². The second-order valence-corrected chi connectivity index (χ2v) is 7.27. The van der Waals surface area contributed by atoms with Crippen LogP contribution in [-0.4, -0.2) is 27.0 Å². The van der Waals surface area contributed by atoms with E-state index >= 15 is 0 Å². The highest BCUT2D eigenvalue weighted by molar-refractivity contribution is 7.98. The van der Waals surface area contributed by atoms with Crippen molar-refractivity contribution in [3.05, 3.63) is 23.2 Å². The van der Waals surface area contributed by atoms with Gasteiger partial charge in [-0.25, -0.2) is 13.1 Å². The Labute approximate surface area is 124 Å². The fourth-order valence-electron chi connectivity index (χ4n) is 1.57. The Hall–Kier alpha value is -0.430.